The van der Waals surface area contributed by atoms with Crippen molar-refractivity contribution in [3.8, 4) is 5.75 Å². The fourth-order valence-electron chi connectivity index (χ4n) is 2.10. The summed E-state index contributed by atoms with van der Waals surface area (Å²) < 4.78 is 18.2. The Hall–Kier alpha value is -2.62. The first kappa shape index (κ1) is 12.4. The van der Waals surface area contributed by atoms with E-state index >= 15 is 0 Å². The maximum Gasteiger partial charge on any atom is 0.130 e. The van der Waals surface area contributed by atoms with E-state index in [4.69, 9.17) is 4.74 Å². The summed E-state index contributed by atoms with van der Waals surface area (Å²) in [4.78, 5) is 0. The topological polar surface area (TPSA) is 37.9 Å². The molecule has 0 bridgehead atoms. The van der Waals surface area contributed by atoms with Crippen LogP contribution in [0.5, 0.6) is 5.75 Å². The molecule has 0 aliphatic rings. The van der Waals surface area contributed by atoms with E-state index in [1.165, 1.54) is 12.1 Å². The zero-order valence-corrected chi connectivity index (χ0v) is 10.9. The lowest BCUT2D eigenvalue weighted by molar-refractivity contribution is 0.420. The minimum atomic E-state index is -0.242. The van der Waals surface area contributed by atoms with E-state index in [-0.39, 0.29) is 5.82 Å². The smallest absolute Gasteiger partial charge is 0.130 e. The Bertz CT molecular complexity index is 760. The van der Waals surface area contributed by atoms with Gasteiger partial charge in [0.15, 0.2) is 0 Å². The van der Waals surface area contributed by atoms with E-state index in [0.29, 0.717) is 0 Å². The minimum absolute atomic E-state index is 0.242. The van der Waals surface area contributed by atoms with Gasteiger partial charge in [-0.1, -0.05) is 24.3 Å². The third-order valence-electron chi connectivity index (χ3n) is 3.10. The summed E-state index contributed by atoms with van der Waals surface area (Å²) in [5, 5.41) is 8.18. The second-order valence-electron chi connectivity index (χ2n) is 4.38. The van der Waals surface area contributed by atoms with Crippen LogP contribution in [0.25, 0.3) is 23.1 Å². The van der Waals surface area contributed by atoms with Gasteiger partial charge < -0.3 is 4.74 Å². The van der Waals surface area contributed by atoms with Crippen LogP contribution in [0.1, 0.15) is 11.3 Å². The number of methoxy groups -OCH3 is 1. The SMILES string of the molecule is COc1cccc2[nH]nc(/C=C/c3ccc(F)cc3)c12. The van der Waals surface area contributed by atoms with Crippen LogP contribution in [0.3, 0.4) is 0 Å². The Morgan fingerprint density at radius 2 is 1.90 bits per heavy atom. The van der Waals surface area contributed by atoms with E-state index in [1.807, 2.05) is 30.4 Å². The molecule has 0 unspecified atom stereocenters. The summed E-state index contributed by atoms with van der Waals surface area (Å²) in [5.41, 5.74) is 2.63. The molecule has 1 N–H and O–H groups in total. The average molecular weight is 268 g/mol. The highest BCUT2D eigenvalue weighted by Crippen LogP contribution is 2.28. The van der Waals surface area contributed by atoms with Gasteiger partial charge in [-0.2, -0.15) is 5.10 Å². The first-order chi connectivity index (χ1) is 9.78. The number of aromatic amines is 1. The van der Waals surface area contributed by atoms with E-state index in [9.17, 15) is 4.39 Å². The maximum atomic E-state index is 12.8. The number of nitrogens with zero attached hydrogens (tertiary/aromatic N) is 1. The molecule has 0 saturated heterocycles. The van der Waals surface area contributed by atoms with Gasteiger partial charge in [-0.15, -0.1) is 0 Å². The molecule has 1 heterocycles. The van der Waals surface area contributed by atoms with E-state index in [0.717, 1.165) is 27.9 Å². The number of ether oxygens (including phenoxy) is 1. The van der Waals surface area contributed by atoms with Crippen LogP contribution in [-0.2, 0) is 0 Å². The molecule has 0 saturated carbocycles. The van der Waals surface area contributed by atoms with E-state index in [2.05, 4.69) is 10.2 Å². The highest BCUT2D eigenvalue weighted by Gasteiger charge is 2.08. The summed E-state index contributed by atoms with van der Waals surface area (Å²) in [6.07, 6.45) is 3.77. The summed E-state index contributed by atoms with van der Waals surface area (Å²) in [6, 6.07) is 12.1. The third-order valence-corrected chi connectivity index (χ3v) is 3.10. The molecule has 0 amide bonds. The van der Waals surface area contributed by atoms with Crippen LogP contribution >= 0.6 is 0 Å². The number of halogens is 1. The molecule has 100 valence electrons. The van der Waals surface area contributed by atoms with Crippen LogP contribution in [0, 0.1) is 5.82 Å². The molecule has 0 fully saturated rings. The fraction of sp³-hybridized carbons (Fsp3) is 0.0625. The van der Waals surface area contributed by atoms with Gasteiger partial charge in [0.1, 0.15) is 11.6 Å². The Kier molecular flexibility index (Phi) is 3.21. The van der Waals surface area contributed by atoms with Crippen molar-refractivity contribution in [1.29, 1.82) is 0 Å². The van der Waals surface area contributed by atoms with Gasteiger partial charge in [-0.05, 0) is 35.9 Å². The second kappa shape index (κ2) is 5.17. The highest BCUT2D eigenvalue weighted by atomic mass is 19.1. The summed E-state index contributed by atoms with van der Waals surface area (Å²) in [5.74, 6) is 0.532. The van der Waals surface area contributed by atoms with Gasteiger partial charge in [0, 0.05) is 0 Å². The van der Waals surface area contributed by atoms with Crippen molar-refractivity contribution in [3.05, 3.63) is 59.5 Å². The van der Waals surface area contributed by atoms with Gasteiger partial charge >= 0.3 is 0 Å². The zero-order chi connectivity index (χ0) is 13.9. The fourth-order valence-corrected chi connectivity index (χ4v) is 2.10. The molecule has 1 aromatic heterocycles. The molecule has 3 rings (SSSR count). The molecule has 3 nitrogen and oxygen atoms in total. The molecule has 0 spiro atoms. The number of benzene rings is 2. The number of nitrogens with one attached hydrogen (secondary N) is 1. The lowest BCUT2D eigenvalue weighted by Gasteiger charge is -2.01. The molecule has 0 aliphatic heterocycles. The first-order valence-corrected chi connectivity index (χ1v) is 6.22. The highest BCUT2D eigenvalue weighted by molar-refractivity contribution is 5.94. The van der Waals surface area contributed by atoms with E-state index < -0.39 is 0 Å². The summed E-state index contributed by atoms with van der Waals surface area (Å²) in [6.45, 7) is 0. The molecular weight excluding hydrogens is 255 g/mol. The molecule has 2 aromatic carbocycles. The Balaban J connectivity index is 2.00. The van der Waals surface area contributed by atoms with Crippen molar-refractivity contribution in [2.24, 2.45) is 0 Å². The summed E-state index contributed by atoms with van der Waals surface area (Å²) >= 11 is 0. The Morgan fingerprint density at radius 3 is 2.65 bits per heavy atom. The monoisotopic (exact) mass is 268 g/mol. The number of aromatic nitrogens is 2. The Morgan fingerprint density at radius 1 is 1.10 bits per heavy atom. The number of rotatable bonds is 3. The maximum absolute atomic E-state index is 12.8. The van der Waals surface area contributed by atoms with E-state index in [1.54, 1.807) is 19.2 Å². The predicted molar refractivity (Wildman–Crippen MR) is 78.0 cm³/mol. The number of H-pyrrole nitrogens is 1. The molecule has 3 aromatic rings. The van der Waals surface area contributed by atoms with Gasteiger partial charge in [-0.25, -0.2) is 4.39 Å². The molecule has 0 radical (unpaired) electrons. The lowest BCUT2D eigenvalue weighted by atomic mass is 10.1. The zero-order valence-electron chi connectivity index (χ0n) is 10.9. The molecule has 20 heavy (non-hydrogen) atoms. The number of hydrogen-bond donors (Lipinski definition) is 1. The van der Waals surface area contributed by atoms with Crippen LogP contribution in [0.4, 0.5) is 4.39 Å². The third kappa shape index (κ3) is 2.28. The molecule has 0 aliphatic carbocycles. The van der Waals surface area contributed by atoms with Crippen molar-refractivity contribution in [2.45, 2.75) is 0 Å². The van der Waals surface area contributed by atoms with Gasteiger partial charge in [0.2, 0.25) is 0 Å². The number of fused-ring (bicyclic) bond motifs is 1. The standard InChI is InChI=1S/C16H13FN2O/c1-20-15-4-2-3-13-16(15)14(19-18-13)10-7-11-5-8-12(17)9-6-11/h2-10H,1H3,(H,18,19)/b10-7+. The van der Waals surface area contributed by atoms with Gasteiger partial charge in [0.25, 0.3) is 0 Å². The van der Waals surface area contributed by atoms with Crippen LogP contribution < -0.4 is 4.74 Å². The lowest BCUT2D eigenvalue weighted by Crippen LogP contribution is -1.84. The van der Waals surface area contributed by atoms with Crippen molar-refractivity contribution < 1.29 is 9.13 Å². The van der Waals surface area contributed by atoms with Crippen LogP contribution in [-0.4, -0.2) is 17.3 Å². The Labute approximate surface area is 115 Å². The molecular formula is C16H13FN2O. The average Bonchev–Trinajstić information content (AvgIpc) is 2.90. The predicted octanol–water partition coefficient (Wildman–Crippen LogP) is 3.88. The van der Waals surface area contributed by atoms with Gasteiger partial charge in [-0.3, -0.25) is 5.10 Å². The van der Waals surface area contributed by atoms with Crippen molar-refractivity contribution >= 4 is 23.1 Å². The van der Waals surface area contributed by atoms with Crippen LogP contribution in [0.2, 0.25) is 0 Å². The minimum Gasteiger partial charge on any atom is -0.496 e. The van der Waals surface area contributed by atoms with Crippen molar-refractivity contribution in [2.75, 3.05) is 7.11 Å². The quantitative estimate of drug-likeness (QED) is 0.782. The van der Waals surface area contributed by atoms with Crippen molar-refractivity contribution in [3.63, 3.8) is 0 Å². The largest absolute Gasteiger partial charge is 0.496 e. The van der Waals surface area contributed by atoms with Crippen molar-refractivity contribution in [1.82, 2.24) is 10.2 Å². The number of hydrogen-bond acceptors (Lipinski definition) is 2. The first-order valence-electron chi connectivity index (χ1n) is 6.22. The van der Waals surface area contributed by atoms with Crippen LogP contribution in [0.15, 0.2) is 42.5 Å². The molecule has 4 heteroatoms. The molecule has 0 atom stereocenters. The summed E-state index contributed by atoms with van der Waals surface area (Å²) in [7, 11) is 1.63. The normalized spacial score (nSPS) is 11.3. The van der Waals surface area contributed by atoms with Gasteiger partial charge in [0.05, 0.1) is 23.7 Å². The second-order valence-corrected chi connectivity index (χ2v) is 4.38.